The Labute approximate surface area is 90.2 Å². The molecule has 1 aliphatic heterocycles. The molecule has 0 radical (unpaired) electrons. The van der Waals surface area contributed by atoms with E-state index in [1.54, 1.807) is 0 Å². The van der Waals surface area contributed by atoms with Crippen molar-refractivity contribution in [2.75, 3.05) is 19.6 Å². The Morgan fingerprint density at radius 1 is 1.36 bits per heavy atom. The van der Waals surface area contributed by atoms with Crippen LogP contribution in [-0.4, -0.2) is 24.5 Å². The zero-order valence-corrected chi connectivity index (χ0v) is 10.6. The smallest absolute Gasteiger partial charge is 0.0163 e. The van der Waals surface area contributed by atoms with Gasteiger partial charge in [0.25, 0.3) is 0 Å². The zero-order valence-electron chi connectivity index (χ0n) is 10.6. The lowest BCUT2D eigenvalue weighted by atomic mass is 10.2. The van der Waals surface area contributed by atoms with Crippen LogP contribution in [0.15, 0.2) is 12.2 Å². The van der Waals surface area contributed by atoms with Gasteiger partial charge in [-0.2, -0.15) is 0 Å². The first-order chi connectivity index (χ1) is 6.68. The Morgan fingerprint density at radius 2 is 2.00 bits per heavy atom. The highest BCUT2D eigenvalue weighted by Gasteiger charge is 2.16. The molecule has 0 aromatic heterocycles. The highest BCUT2D eigenvalue weighted by Crippen LogP contribution is 2.14. The SMILES string of the molecule is CC.CC(C)/C=C/CN1CC[C@@H](C)C1. The van der Waals surface area contributed by atoms with E-state index < -0.39 is 0 Å². The molecular formula is C13H27N. The summed E-state index contributed by atoms with van der Waals surface area (Å²) < 4.78 is 0. The fraction of sp³-hybridized carbons (Fsp3) is 0.846. The second-order valence-corrected chi connectivity index (χ2v) is 4.33. The van der Waals surface area contributed by atoms with Crippen molar-refractivity contribution in [3.05, 3.63) is 12.2 Å². The van der Waals surface area contributed by atoms with E-state index in [-0.39, 0.29) is 0 Å². The molecule has 0 bridgehead atoms. The van der Waals surface area contributed by atoms with Crippen LogP contribution >= 0.6 is 0 Å². The molecule has 1 saturated heterocycles. The largest absolute Gasteiger partial charge is 0.299 e. The summed E-state index contributed by atoms with van der Waals surface area (Å²) in [6.07, 6.45) is 5.99. The van der Waals surface area contributed by atoms with Crippen LogP contribution in [-0.2, 0) is 0 Å². The predicted octanol–water partition coefficient (Wildman–Crippen LogP) is 3.57. The van der Waals surface area contributed by atoms with Crippen molar-refractivity contribution in [2.24, 2.45) is 11.8 Å². The van der Waals surface area contributed by atoms with Gasteiger partial charge < -0.3 is 0 Å². The van der Waals surface area contributed by atoms with Gasteiger partial charge in [0.1, 0.15) is 0 Å². The molecule has 1 rings (SSSR count). The summed E-state index contributed by atoms with van der Waals surface area (Å²) in [6.45, 7) is 14.5. The lowest BCUT2D eigenvalue weighted by Crippen LogP contribution is -2.20. The maximum Gasteiger partial charge on any atom is 0.0163 e. The van der Waals surface area contributed by atoms with E-state index in [1.807, 2.05) is 13.8 Å². The van der Waals surface area contributed by atoms with Crippen LogP contribution in [0, 0.1) is 11.8 Å². The van der Waals surface area contributed by atoms with E-state index in [2.05, 4.69) is 37.8 Å². The molecule has 0 saturated carbocycles. The Kier molecular flexibility index (Phi) is 7.87. The summed E-state index contributed by atoms with van der Waals surface area (Å²) >= 11 is 0. The molecule has 0 spiro atoms. The predicted molar refractivity (Wildman–Crippen MR) is 65.5 cm³/mol. The third-order valence-corrected chi connectivity index (χ3v) is 2.39. The molecule has 0 aromatic carbocycles. The van der Waals surface area contributed by atoms with Gasteiger partial charge in [-0.15, -0.1) is 0 Å². The molecule has 14 heavy (non-hydrogen) atoms. The maximum absolute atomic E-state index is 2.53. The van der Waals surface area contributed by atoms with E-state index in [0.717, 1.165) is 12.5 Å². The second-order valence-electron chi connectivity index (χ2n) is 4.33. The van der Waals surface area contributed by atoms with E-state index in [1.165, 1.54) is 19.5 Å². The van der Waals surface area contributed by atoms with Gasteiger partial charge in [-0.05, 0) is 24.8 Å². The molecule has 0 amide bonds. The van der Waals surface area contributed by atoms with E-state index in [4.69, 9.17) is 0 Å². The number of likely N-dealkylation sites (tertiary alicyclic amines) is 1. The molecule has 0 aromatic rings. The van der Waals surface area contributed by atoms with Crippen molar-refractivity contribution in [3.63, 3.8) is 0 Å². The Morgan fingerprint density at radius 3 is 2.43 bits per heavy atom. The normalized spacial score (nSPS) is 22.9. The summed E-state index contributed by atoms with van der Waals surface area (Å²) in [5, 5.41) is 0. The van der Waals surface area contributed by atoms with Gasteiger partial charge in [-0.25, -0.2) is 0 Å². The van der Waals surface area contributed by atoms with Gasteiger partial charge in [-0.1, -0.05) is 46.8 Å². The summed E-state index contributed by atoms with van der Waals surface area (Å²) in [4.78, 5) is 2.53. The van der Waals surface area contributed by atoms with Gasteiger partial charge in [0.15, 0.2) is 0 Å². The molecule has 0 N–H and O–H groups in total. The van der Waals surface area contributed by atoms with Crippen molar-refractivity contribution >= 4 is 0 Å². The number of hydrogen-bond donors (Lipinski definition) is 0. The highest BCUT2D eigenvalue weighted by atomic mass is 15.1. The average molecular weight is 197 g/mol. The third-order valence-electron chi connectivity index (χ3n) is 2.39. The quantitative estimate of drug-likeness (QED) is 0.625. The molecule has 1 fully saturated rings. The monoisotopic (exact) mass is 197 g/mol. The maximum atomic E-state index is 2.53. The molecule has 1 aliphatic rings. The fourth-order valence-corrected chi connectivity index (χ4v) is 1.67. The molecule has 1 heteroatoms. The average Bonchev–Trinajstić information content (AvgIpc) is 2.54. The number of nitrogens with zero attached hydrogens (tertiary/aromatic N) is 1. The third kappa shape index (κ3) is 6.20. The van der Waals surface area contributed by atoms with Crippen molar-refractivity contribution in [1.82, 2.24) is 4.90 Å². The minimum absolute atomic E-state index is 0.699. The van der Waals surface area contributed by atoms with Crippen LogP contribution in [0.5, 0.6) is 0 Å². The fourth-order valence-electron chi connectivity index (χ4n) is 1.67. The zero-order chi connectivity index (χ0) is 11.0. The van der Waals surface area contributed by atoms with Crippen LogP contribution in [0.1, 0.15) is 41.0 Å². The topological polar surface area (TPSA) is 3.24 Å². The summed E-state index contributed by atoms with van der Waals surface area (Å²) in [6, 6.07) is 0. The summed E-state index contributed by atoms with van der Waals surface area (Å²) in [5.74, 6) is 1.61. The van der Waals surface area contributed by atoms with Crippen molar-refractivity contribution in [2.45, 2.75) is 41.0 Å². The minimum atomic E-state index is 0.699. The van der Waals surface area contributed by atoms with Crippen molar-refractivity contribution in [1.29, 1.82) is 0 Å². The van der Waals surface area contributed by atoms with Gasteiger partial charge in [0.05, 0.1) is 0 Å². The highest BCUT2D eigenvalue weighted by molar-refractivity contribution is 4.88. The molecule has 0 unspecified atom stereocenters. The van der Waals surface area contributed by atoms with E-state index >= 15 is 0 Å². The summed E-state index contributed by atoms with van der Waals surface area (Å²) in [7, 11) is 0. The van der Waals surface area contributed by atoms with Crippen LogP contribution < -0.4 is 0 Å². The Hall–Kier alpha value is -0.300. The molecule has 1 heterocycles. The van der Waals surface area contributed by atoms with Crippen molar-refractivity contribution < 1.29 is 0 Å². The molecule has 84 valence electrons. The first-order valence-electron chi connectivity index (χ1n) is 6.07. The first-order valence-corrected chi connectivity index (χ1v) is 6.07. The Bertz CT molecular complexity index is 149. The van der Waals surface area contributed by atoms with Gasteiger partial charge in [0, 0.05) is 13.1 Å². The Balaban J connectivity index is 0.000000791. The van der Waals surface area contributed by atoms with Crippen molar-refractivity contribution in [3.8, 4) is 0 Å². The van der Waals surface area contributed by atoms with Gasteiger partial charge >= 0.3 is 0 Å². The minimum Gasteiger partial charge on any atom is -0.299 e. The molecular weight excluding hydrogens is 170 g/mol. The van der Waals surface area contributed by atoms with Crippen LogP contribution in [0.25, 0.3) is 0 Å². The van der Waals surface area contributed by atoms with Crippen LogP contribution in [0.4, 0.5) is 0 Å². The first kappa shape index (κ1) is 13.7. The lowest BCUT2D eigenvalue weighted by molar-refractivity contribution is 0.363. The standard InChI is InChI=1S/C11H21N.C2H6/c1-10(2)5-4-7-12-8-6-11(3)9-12;1-2/h4-5,10-11H,6-9H2,1-3H3;1-2H3/b5-4+;/t11-;/m1./s1. The summed E-state index contributed by atoms with van der Waals surface area (Å²) in [5.41, 5.74) is 0. The van der Waals surface area contributed by atoms with Crippen LogP contribution in [0.3, 0.4) is 0 Å². The molecule has 0 aliphatic carbocycles. The number of rotatable bonds is 3. The molecule has 1 nitrogen and oxygen atoms in total. The van der Waals surface area contributed by atoms with E-state index in [0.29, 0.717) is 5.92 Å². The number of allylic oxidation sites excluding steroid dienone is 1. The van der Waals surface area contributed by atoms with Gasteiger partial charge in [-0.3, -0.25) is 4.90 Å². The van der Waals surface area contributed by atoms with Gasteiger partial charge in [0.2, 0.25) is 0 Å². The number of hydrogen-bond acceptors (Lipinski definition) is 1. The lowest BCUT2D eigenvalue weighted by Gasteiger charge is -2.11. The second kappa shape index (κ2) is 8.05. The molecule has 1 atom stereocenters. The van der Waals surface area contributed by atoms with Crippen LogP contribution in [0.2, 0.25) is 0 Å². The van der Waals surface area contributed by atoms with E-state index in [9.17, 15) is 0 Å².